The Kier molecular flexibility index (Phi) is 9.05. The van der Waals surface area contributed by atoms with Crippen molar-refractivity contribution in [1.82, 2.24) is 0 Å². The summed E-state index contributed by atoms with van der Waals surface area (Å²) in [5.74, 6) is -4.80. The minimum atomic E-state index is -5.14. The lowest BCUT2D eigenvalue weighted by atomic mass is 9.86. The quantitative estimate of drug-likeness (QED) is 0.208. The Hall–Kier alpha value is -2.37. The van der Waals surface area contributed by atoms with Gasteiger partial charge in [0, 0.05) is 28.9 Å². The Labute approximate surface area is 222 Å². The molecule has 1 unspecified atom stereocenters. The molecule has 1 aliphatic carbocycles. The summed E-state index contributed by atoms with van der Waals surface area (Å²) in [7, 11) is 0. The van der Waals surface area contributed by atoms with Crippen LogP contribution >= 0.6 is 0 Å². The van der Waals surface area contributed by atoms with Gasteiger partial charge in [0.25, 0.3) is 0 Å². The Morgan fingerprint density at radius 2 is 1.82 bits per heavy atom. The Balaban J connectivity index is 2.21. The number of carbonyl (C=O) groups excluding carboxylic acids is 1. The van der Waals surface area contributed by atoms with Crippen molar-refractivity contribution in [2.24, 2.45) is 11.1 Å². The van der Waals surface area contributed by atoms with E-state index in [2.05, 4.69) is 0 Å². The van der Waals surface area contributed by atoms with Crippen molar-refractivity contribution in [2.75, 3.05) is 6.61 Å². The molecule has 5 nitrogen and oxygen atoms in total. The molecule has 0 bridgehead atoms. The molecule has 3 rings (SSSR count). The maximum Gasteiger partial charge on any atom is 0.419 e. The van der Waals surface area contributed by atoms with Gasteiger partial charge in [0.05, 0.1) is 24.2 Å². The van der Waals surface area contributed by atoms with Crippen molar-refractivity contribution < 1.29 is 40.8 Å². The predicted octanol–water partition coefficient (Wildman–Crippen LogP) is 6.32. The average Bonchev–Trinajstić information content (AvgIpc) is 3.62. The topological polar surface area (TPSA) is 84.6 Å². The van der Waals surface area contributed by atoms with Crippen LogP contribution in [-0.4, -0.2) is 28.0 Å². The van der Waals surface area contributed by atoms with Crippen molar-refractivity contribution in [2.45, 2.75) is 77.3 Å². The van der Waals surface area contributed by atoms with Gasteiger partial charge < -0.3 is 14.0 Å². The summed E-state index contributed by atoms with van der Waals surface area (Å²) in [6.07, 6.45) is -4.44. The van der Waals surface area contributed by atoms with Crippen LogP contribution in [0.15, 0.2) is 18.2 Å². The molecule has 2 aromatic rings. The van der Waals surface area contributed by atoms with Crippen molar-refractivity contribution in [3.8, 4) is 16.9 Å². The fourth-order valence-corrected chi connectivity index (χ4v) is 4.78. The number of ether oxygens (including phenoxy) is 2. The lowest BCUT2D eigenvalue weighted by Crippen LogP contribution is -2.41. The van der Waals surface area contributed by atoms with Crippen LogP contribution < -0.4 is 9.88 Å². The summed E-state index contributed by atoms with van der Waals surface area (Å²) in [6, 6.07) is 3.74. The Morgan fingerprint density at radius 3 is 2.34 bits per heavy atom. The van der Waals surface area contributed by atoms with Gasteiger partial charge in [-0.15, -0.1) is 0 Å². The van der Waals surface area contributed by atoms with Crippen LogP contribution in [0.1, 0.15) is 62.3 Å². The van der Waals surface area contributed by atoms with Crippen molar-refractivity contribution >= 4 is 17.3 Å². The van der Waals surface area contributed by atoms with Crippen LogP contribution in [0.4, 0.5) is 22.0 Å². The van der Waals surface area contributed by atoms with E-state index >= 15 is 8.78 Å². The number of hydrogen-bond acceptors (Lipinski definition) is 5. The molecular weight excluding hydrogens is 529 g/mol. The van der Waals surface area contributed by atoms with Crippen LogP contribution in [0, 0.1) is 31.4 Å². The zero-order valence-corrected chi connectivity index (χ0v) is 22.7. The molecule has 38 heavy (non-hydrogen) atoms. The van der Waals surface area contributed by atoms with Gasteiger partial charge in [-0.2, -0.15) is 18.3 Å². The average molecular weight is 562 g/mol. The third-order valence-corrected chi connectivity index (χ3v) is 7.92. The van der Waals surface area contributed by atoms with Gasteiger partial charge in [-0.05, 0) is 82.7 Å². The number of alkyl halides is 3. The van der Waals surface area contributed by atoms with E-state index in [1.54, 1.807) is 26.0 Å². The molecule has 2 aromatic carbocycles. The fourth-order valence-electron chi connectivity index (χ4n) is 4.42. The normalized spacial score (nSPS) is 15.8. The maximum atomic E-state index is 16.1. The smallest absolute Gasteiger partial charge is 0.419 e. The van der Waals surface area contributed by atoms with Crippen LogP contribution in [0.2, 0.25) is 0 Å². The molecule has 2 N–H and O–H groups in total. The first-order valence-corrected chi connectivity index (χ1v) is 13.5. The molecule has 0 saturated heterocycles. The first kappa shape index (κ1) is 30.2. The monoisotopic (exact) mass is 561 g/mol. The van der Waals surface area contributed by atoms with Crippen molar-refractivity contribution in [1.29, 1.82) is 0 Å². The molecule has 11 heteroatoms. The molecule has 0 amide bonds. The molecule has 1 aliphatic rings. The summed E-state index contributed by atoms with van der Waals surface area (Å²) < 4.78 is 95.1. The molecular formula is C27H32F5NO4S. The molecule has 1 fully saturated rings. The molecule has 0 spiro atoms. The van der Waals surface area contributed by atoms with Gasteiger partial charge >= 0.3 is 12.1 Å². The fraction of sp³-hybridized carbons (Fsp3) is 0.519. The lowest BCUT2D eigenvalue weighted by Gasteiger charge is -2.28. The number of hydrogen-bond donors (Lipinski definition) is 1. The minimum absolute atomic E-state index is 0.00888. The first-order valence-electron chi connectivity index (χ1n) is 12.3. The molecule has 210 valence electrons. The van der Waals surface area contributed by atoms with Crippen LogP contribution in [0.25, 0.3) is 11.1 Å². The third-order valence-electron chi connectivity index (χ3n) is 6.66. The summed E-state index contributed by atoms with van der Waals surface area (Å²) in [5.41, 5.74) is -1.96. The van der Waals surface area contributed by atoms with Crippen molar-refractivity contribution in [3.63, 3.8) is 0 Å². The van der Waals surface area contributed by atoms with Gasteiger partial charge in [0.15, 0.2) is 0 Å². The van der Waals surface area contributed by atoms with Crippen molar-refractivity contribution in [3.05, 3.63) is 52.1 Å². The number of esters is 1. The van der Waals surface area contributed by atoms with Gasteiger partial charge in [-0.3, -0.25) is 4.79 Å². The second kappa shape index (κ2) is 11.4. The largest absolute Gasteiger partial charge is 0.598 e. The summed E-state index contributed by atoms with van der Waals surface area (Å²) in [4.78, 5) is 12.7. The maximum absolute atomic E-state index is 16.1. The molecule has 1 saturated carbocycles. The van der Waals surface area contributed by atoms with E-state index in [9.17, 15) is 22.5 Å². The number of rotatable bonds is 10. The van der Waals surface area contributed by atoms with Gasteiger partial charge in [-0.25, -0.2) is 8.78 Å². The van der Waals surface area contributed by atoms with E-state index in [1.165, 1.54) is 20.8 Å². The highest BCUT2D eigenvalue weighted by Crippen LogP contribution is 2.43. The van der Waals surface area contributed by atoms with Gasteiger partial charge in [-0.1, -0.05) is 6.07 Å². The lowest BCUT2D eigenvalue weighted by molar-refractivity contribution is -0.148. The second-order valence-electron chi connectivity index (χ2n) is 10.2. The summed E-state index contributed by atoms with van der Waals surface area (Å²) in [6.45, 7) is 7.64. The standard InChI is InChI=1S/C27H32F5NO4S/c1-6-36-25(34)16(13-26(4,5)38(33)35)11-19-23(28)18(12-20(24(19)29)27(30,31)32)22-14(2)7-10-21(15(22)3)37-17-8-9-17/h7,10,12,16-17H,6,8-9,11,13,33H2,1-5H3/t16?,38-/m1/s1. The van der Waals surface area contributed by atoms with E-state index in [-0.39, 0.29) is 24.7 Å². The summed E-state index contributed by atoms with van der Waals surface area (Å²) in [5, 5.41) is 5.52. The number of benzene rings is 2. The van der Waals surface area contributed by atoms with Crippen LogP contribution in [0.5, 0.6) is 5.75 Å². The minimum Gasteiger partial charge on any atom is -0.598 e. The van der Waals surface area contributed by atoms with Crippen LogP contribution in [0.3, 0.4) is 0 Å². The van der Waals surface area contributed by atoms with Crippen LogP contribution in [-0.2, 0) is 33.5 Å². The van der Waals surface area contributed by atoms with E-state index in [1.807, 2.05) is 0 Å². The number of aryl methyl sites for hydroxylation is 1. The first-order chi connectivity index (χ1) is 17.6. The molecule has 2 atom stereocenters. The van der Waals surface area contributed by atoms with Gasteiger partial charge in [0.1, 0.15) is 22.1 Å². The molecule has 0 aliphatic heterocycles. The number of carbonyl (C=O) groups is 1. The summed E-state index contributed by atoms with van der Waals surface area (Å²) >= 11 is -1.94. The number of halogens is 5. The SMILES string of the molecule is CCOC(=O)C(Cc1c(F)c(-c2c(C)ccc(OC3CC3)c2C)cc(C(F)(F)F)c1F)CC(C)(C)[S@+](N)[O-]. The second-order valence-corrected chi connectivity index (χ2v) is 11.9. The zero-order valence-electron chi connectivity index (χ0n) is 21.9. The highest BCUT2D eigenvalue weighted by atomic mass is 32.2. The highest BCUT2D eigenvalue weighted by molar-refractivity contribution is 7.90. The van der Waals surface area contributed by atoms with E-state index in [4.69, 9.17) is 14.6 Å². The predicted molar refractivity (Wildman–Crippen MR) is 135 cm³/mol. The van der Waals surface area contributed by atoms with E-state index in [0.29, 0.717) is 22.9 Å². The zero-order chi connectivity index (χ0) is 28.6. The Bertz CT molecular complexity index is 1200. The highest BCUT2D eigenvalue weighted by Gasteiger charge is 2.41. The van der Waals surface area contributed by atoms with E-state index < -0.39 is 68.9 Å². The van der Waals surface area contributed by atoms with Gasteiger partial charge in [0.2, 0.25) is 0 Å². The van der Waals surface area contributed by atoms with E-state index in [0.717, 1.165) is 12.8 Å². The number of nitrogens with two attached hydrogens (primary N) is 1. The Morgan fingerprint density at radius 1 is 1.18 bits per heavy atom. The third kappa shape index (κ3) is 6.60. The molecule has 0 aromatic heterocycles. The molecule has 0 radical (unpaired) electrons. The molecule has 0 heterocycles.